The van der Waals surface area contributed by atoms with Gasteiger partial charge in [0, 0.05) is 25.3 Å². The first kappa shape index (κ1) is 12.0. The fraction of sp³-hybridized carbons (Fsp3) is 0.583. The van der Waals surface area contributed by atoms with E-state index in [1.54, 1.807) is 0 Å². The van der Waals surface area contributed by atoms with Gasteiger partial charge in [-0.15, -0.1) is 0 Å². The van der Waals surface area contributed by atoms with Crippen LogP contribution < -0.4 is 5.32 Å². The predicted octanol–water partition coefficient (Wildman–Crippen LogP) is 2.03. The number of aromatic nitrogens is 1. The SMILES string of the molecule is CN(Cc1ccc(Br)nc1)C[C@@H]1CCCN1. The molecule has 1 atom stereocenters. The van der Waals surface area contributed by atoms with Crippen LogP contribution in [0.3, 0.4) is 0 Å². The average molecular weight is 284 g/mol. The molecule has 1 aromatic heterocycles. The number of halogens is 1. The van der Waals surface area contributed by atoms with Gasteiger partial charge in [-0.3, -0.25) is 0 Å². The molecule has 3 nitrogen and oxygen atoms in total. The minimum atomic E-state index is 0.674. The quantitative estimate of drug-likeness (QED) is 0.857. The molecule has 0 unspecified atom stereocenters. The lowest BCUT2D eigenvalue weighted by atomic mass is 10.2. The molecule has 0 aromatic carbocycles. The molecule has 16 heavy (non-hydrogen) atoms. The zero-order valence-corrected chi connectivity index (χ0v) is 11.2. The van der Waals surface area contributed by atoms with Crippen LogP contribution in [0.2, 0.25) is 0 Å². The first-order valence-electron chi connectivity index (χ1n) is 5.76. The molecule has 0 aliphatic carbocycles. The number of nitrogens with zero attached hydrogens (tertiary/aromatic N) is 2. The monoisotopic (exact) mass is 283 g/mol. The molecular formula is C12H18BrN3. The topological polar surface area (TPSA) is 28.2 Å². The molecule has 4 heteroatoms. The number of rotatable bonds is 4. The second kappa shape index (κ2) is 5.75. The van der Waals surface area contributed by atoms with E-state index in [2.05, 4.69) is 44.2 Å². The molecule has 1 aromatic rings. The van der Waals surface area contributed by atoms with Crippen molar-refractivity contribution in [2.45, 2.75) is 25.4 Å². The fourth-order valence-corrected chi connectivity index (χ4v) is 2.40. The van der Waals surface area contributed by atoms with E-state index in [1.165, 1.54) is 24.9 Å². The van der Waals surface area contributed by atoms with E-state index in [0.717, 1.165) is 17.7 Å². The molecule has 0 amide bonds. The van der Waals surface area contributed by atoms with E-state index < -0.39 is 0 Å². The normalized spacial score (nSPS) is 20.6. The maximum Gasteiger partial charge on any atom is 0.106 e. The zero-order chi connectivity index (χ0) is 11.4. The highest BCUT2D eigenvalue weighted by Crippen LogP contribution is 2.10. The Morgan fingerprint density at radius 1 is 1.56 bits per heavy atom. The molecule has 1 aliphatic rings. The molecule has 88 valence electrons. The van der Waals surface area contributed by atoms with Crippen molar-refractivity contribution in [2.75, 3.05) is 20.1 Å². The van der Waals surface area contributed by atoms with Crippen molar-refractivity contribution in [1.82, 2.24) is 15.2 Å². The van der Waals surface area contributed by atoms with E-state index in [-0.39, 0.29) is 0 Å². The van der Waals surface area contributed by atoms with Gasteiger partial charge >= 0.3 is 0 Å². The summed E-state index contributed by atoms with van der Waals surface area (Å²) in [7, 11) is 2.17. The Hall–Kier alpha value is -0.450. The van der Waals surface area contributed by atoms with Gasteiger partial charge in [0.05, 0.1) is 0 Å². The lowest BCUT2D eigenvalue weighted by Crippen LogP contribution is -2.34. The molecule has 2 rings (SSSR count). The summed E-state index contributed by atoms with van der Waals surface area (Å²) >= 11 is 3.35. The van der Waals surface area contributed by atoms with Crippen LogP contribution in [0.1, 0.15) is 18.4 Å². The van der Waals surface area contributed by atoms with Crippen molar-refractivity contribution in [1.29, 1.82) is 0 Å². The Morgan fingerprint density at radius 3 is 3.06 bits per heavy atom. The third kappa shape index (κ3) is 3.54. The highest BCUT2D eigenvalue weighted by Gasteiger charge is 2.15. The number of hydrogen-bond donors (Lipinski definition) is 1. The predicted molar refractivity (Wildman–Crippen MR) is 69.3 cm³/mol. The molecule has 0 spiro atoms. The fourth-order valence-electron chi connectivity index (χ4n) is 2.16. The van der Waals surface area contributed by atoms with Crippen LogP contribution in [0.4, 0.5) is 0 Å². The standard InChI is InChI=1S/C12H18BrN3/c1-16(9-11-3-2-6-14-11)8-10-4-5-12(13)15-7-10/h4-5,7,11,14H,2-3,6,8-9H2,1H3/t11-/m0/s1. The van der Waals surface area contributed by atoms with Gasteiger partial charge in [0.1, 0.15) is 4.60 Å². The maximum atomic E-state index is 4.24. The molecule has 0 saturated carbocycles. The van der Waals surface area contributed by atoms with Gasteiger partial charge in [0.15, 0.2) is 0 Å². The summed E-state index contributed by atoms with van der Waals surface area (Å²) in [5.41, 5.74) is 1.27. The Morgan fingerprint density at radius 2 is 2.44 bits per heavy atom. The summed E-state index contributed by atoms with van der Waals surface area (Å²) in [6.07, 6.45) is 4.56. The van der Waals surface area contributed by atoms with Crippen LogP contribution >= 0.6 is 15.9 Å². The Labute approximate surface area is 105 Å². The number of nitrogens with one attached hydrogen (secondary N) is 1. The molecule has 1 fully saturated rings. The molecule has 1 N–H and O–H groups in total. The summed E-state index contributed by atoms with van der Waals surface area (Å²) < 4.78 is 0.899. The summed E-state index contributed by atoms with van der Waals surface area (Å²) in [6, 6.07) is 4.79. The Balaban J connectivity index is 1.81. The van der Waals surface area contributed by atoms with Crippen molar-refractivity contribution in [3.63, 3.8) is 0 Å². The molecular weight excluding hydrogens is 266 g/mol. The van der Waals surface area contributed by atoms with E-state index >= 15 is 0 Å². The minimum Gasteiger partial charge on any atom is -0.313 e. The van der Waals surface area contributed by atoms with Crippen LogP contribution in [0.5, 0.6) is 0 Å². The third-order valence-corrected chi connectivity index (χ3v) is 3.40. The highest BCUT2D eigenvalue weighted by atomic mass is 79.9. The first-order chi connectivity index (χ1) is 7.74. The molecule has 0 radical (unpaired) electrons. The average Bonchev–Trinajstić information content (AvgIpc) is 2.74. The number of likely N-dealkylation sites (N-methyl/N-ethyl adjacent to an activating group) is 1. The van der Waals surface area contributed by atoms with Crippen molar-refractivity contribution >= 4 is 15.9 Å². The maximum absolute atomic E-state index is 4.24. The van der Waals surface area contributed by atoms with Crippen LogP contribution in [0.25, 0.3) is 0 Å². The molecule has 1 aliphatic heterocycles. The largest absolute Gasteiger partial charge is 0.313 e. The zero-order valence-electron chi connectivity index (χ0n) is 9.62. The van der Waals surface area contributed by atoms with Gasteiger partial charge < -0.3 is 10.2 Å². The van der Waals surface area contributed by atoms with Gasteiger partial charge in [-0.1, -0.05) is 6.07 Å². The van der Waals surface area contributed by atoms with Crippen LogP contribution in [-0.2, 0) is 6.54 Å². The summed E-state index contributed by atoms with van der Waals surface area (Å²) in [6.45, 7) is 3.27. The van der Waals surface area contributed by atoms with E-state index in [0.29, 0.717) is 6.04 Å². The van der Waals surface area contributed by atoms with E-state index in [9.17, 15) is 0 Å². The van der Waals surface area contributed by atoms with Crippen LogP contribution in [0.15, 0.2) is 22.9 Å². The van der Waals surface area contributed by atoms with Crippen molar-refractivity contribution in [3.8, 4) is 0 Å². The van der Waals surface area contributed by atoms with Gasteiger partial charge in [-0.25, -0.2) is 4.98 Å². The summed E-state index contributed by atoms with van der Waals surface area (Å²) in [4.78, 5) is 6.59. The summed E-state index contributed by atoms with van der Waals surface area (Å²) in [5.74, 6) is 0. The molecule has 1 saturated heterocycles. The van der Waals surface area contributed by atoms with Gasteiger partial charge in [-0.2, -0.15) is 0 Å². The lowest BCUT2D eigenvalue weighted by Gasteiger charge is -2.20. The Kier molecular flexibility index (Phi) is 4.32. The van der Waals surface area contributed by atoms with Crippen LogP contribution in [0, 0.1) is 0 Å². The van der Waals surface area contributed by atoms with Crippen molar-refractivity contribution in [2.24, 2.45) is 0 Å². The van der Waals surface area contributed by atoms with Gasteiger partial charge in [0.25, 0.3) is 0 Å². The number of hydrogen-bond acceptors (Lipinski definition) is 3. The van der Waals surface area contributed by atoms with Crippen molar-refractivity contribution in [3.05, 3.63) is 28.5 Å². The molecule has 2 heterocycles. The highest BCUT2D eigenvalue weighted by molar-refractivity contribution is 9.10. The van der Waals surface area contributed by atoms with E-state index in [1.807, 2.05) is 12.3 Å². The smallest absolute Gasteiger partial charge is 0.106 e. The van der Waals surface area contributed by atoms with Crippen molar-refractivity contribution < 1.29 is 0 Å². The second-order valence-electron chi connectivity index (χ2n) is 4.48. The minimum absolute atomic E-state index is 0.674. The first-order valence-corrected chi connectivity index (χ1v) is 6.56. The number of pyridine rings is 1. The summed E-state index contributed by atoms with van der Waals surface area (Å²) in [5, 5.41) is 3.52. The third-order valence-electron chi connectivity index (χ3n) is 2.94. The van der Waals surface area contributed by atoms with Gasteiger partial charge in [-0.05, 0) is 54.0 Å². The van der Waals surface area contributed by atoms with Crippen LogP contribution in [-0.4, -0.2) is 36.1 Å². The molecule has 0 bridgehead atoms. The second-order valence-corrected chi connectivity index (χ2v) is 5.29. The van der Waals surface area contributed by atoms with Gasteiger partial charge in [0.2, 0.25) is 0 Å². The van der Waals surface area contributed by atoms with E-state index in [4.69, 9.17) is 0 Å². The Bertz CT molecular complexity index is 320. The lowest BCUT2D eigenvalue weighted by molar-refractivity contribution is 0.293.